The lowest BCUT2D eigenvalue weighted by atomic mass is 8.31. The zero-order chi connectivity index (χ0) is 47.7. The van der Waals surface area contributed by atoms with Crippen LogP contribution in [-0.4, -0.2) is 419 Å². The topological polar surface area (TPSA) is 0 Å². The SMILES string of the molecule is BB(B)B(B)B(B(B(B)B)B(B)B)B(B(B(B(B)B)B(B)B)B(B(B)B)B(B)B)C(B(B(B(B)B)B(B)B)B(B(B)B)B(B)B)B(B(B(B)B)B(B)B)B(B(B)B)B(B)B. The molecule has 0 nitrogen and oxygen atoms in total. The molecule has 0 saturated carbocycles. The van der Waals surface area contributed by atoms with E-state index in [1.807, 2.05) is 0 Å². The van der Waals surface area contributed by atoms with Gasteiger partial charge in [0.1, 0.15) is 0 Å². The van der Waals surface area contributed by atoms with Crippen LogP contribution >= 0.6 is 0 Å². The fourth-order valence-corrected chi connectivity index (χ4v) is 16.9. The summed E-state index contributed by atoms with van der Waals surface area (Å²) in [7, 11) is 82.1. The average molecular weight is 713 g/mol. The summed E-state index contributed by atoms with van der Waals surface area (Å²) >= 11 is 0. The van der Waals surface area contributed by atoms with Crippen molar-refractivity contribution in [3.05, 3.63) is 0 Å². The second-order valence-electron chi connectivity index (χ2n) is 27.0. The molecule has 0 heterocycles. The van der Waals surface area contributed by atoms with Crippen molar-refractivity contribution in [1.29, 1.82) is 0 Å². The second-order valence-corrected chi connectivity index (χ2v) is 27.0. The fourth-order valence-electron chi connectivity index (χ4n) is 16.9. The van der Waals surface area contributed by atoms with E-state index in [4.69, 9.17) is 0 Å². The van der Waals surface area contributed by atoms with E-state index in [-0.39, 0.29) is 0 Å². The molecule has 0 aromatic heterocycles. The van der Waals surface area contributed by atoms with Crippen LogP contribution in [0.4, 0.5) is 0 Å². The average Bonchev–Trinajstić information content (AvgIpc) is 3.02. The minimum absolute atomic E-state index is 0.621. The van der Waals surface area contributed by atoms with Crippen molar-refractivity contribution in [3.63, 3.8) is 0 Å². The van der Waals surface area contributed by atoms with Crippen LogP contribution in [0, 0.1) is 0 Å². The molecule has 0 aliphatic rings. The van der Waals surface area contributed by atoms with Gasteiger partial charge in [0.2, 0.25) is 0 Å². The van der Waals surface area contributed by atoms with E-state index in [1.54, 1.807) is 0 Å². The van der Waals surface area contributed by atoms with Crippen molar-refractivity contribution in [2.45, 2.75) is 5.62 Å². The number of hydrogen-bond acceptors (Lipinski definition) is 0. The largest absolute Gasteiger partial charge is 0.146 e. The van der Waals surface area contributed by atoms with E-state index < -0.39 is 0 Å². The lowest BCUT2D eigenvalue weighted by Gasteiger charge is -2.59. The molecule has 0 fully saturated rings. The molecular weight excluding hydrogens is 650 g/mol. The van der Waals surface area contributed by atoms with Gasteiger partial charge in [-0.3, -0.25) is 0 Å². The monoisotopic (exact) mass is 725 g/mol. The van der Waals surface area contributed by atoms with Crippen LogP contribution < -0.4 is 0 Å². The van der Waals surface area contributed by atoms with Gasteiger partial charge in [-0.2, -0.15) is 0 Å². The first-order valence-corrected chi connectivity index (χ1v) is 27.2. The molecule has 0 spiro atoms. The summed E-state index contributed by atoms with van der Waals surface area (Å²) < 4.78 is 0. The van der Waals surface area contributed by atoms with Crippen molar-refractivity contribution < 1.29 is 0 Å². The molecule has 0 aliphatic heterocycles. The number of hydrogen-bond donors (Lipinski definition) is 0. The Hall–Kier alpha value is 3.83. The summed E-state index contributed by atoms with van der Waals surface area (Å²) in [5.74, 6) is 0. The van der Waals surface area contributed by atoms with Crippen LogP contribution in [0.3, 0.4) is 0 Å². The molecule has 60 heavy (non-hydrogen) atoms. The lowest BCUT2D eigenvalue weighted by Crippen LogP contribution is -2.91. The molecule has 0 aromatic carbocycles. The van der Waals surface area contributed by atoms with Crippen molar-refractivity contribution in [2.75, 3.05) is 0 Å². The van der Waals surface area contributed by atoms with Crippen molar-refractivity contribution in [1.82, 2.24) is 0 Å². The Morgan fingerprint density at radius 2 is 0.300 bits per heavy atom. The van der Waals surface area contributed by atoms with Crippen molar-refractivity contribution in [3.8, 4) is 0 Å². The van der Waals surface area contributed by atoms with Crippen LogP contribution in [0.1, 0.15) is 0 Å². The molecular formula is CH63B59. The smallest absolute Gasteiger partial charge is 0.0552 e. The highest BCUT2D eigenvalue weighted by Gasteiger charge is 2.62. The molecule has 0 aliphatic carbocycles. The molecule has 59 heteroatoms. The zero-order valence-corrected chi connectivity index (χ0v) is 47.7. The van der Waals surface area contributed by atoms with E-state index in [2.05, 4.69) is 240 Å². The molecule has 0 aromatic rings. The summed E-state index contributed by atoms with van der Waals surface area (Å²) in [6.45, 7) is 1.91. The van der Waals surface area contributed by atoms with Gasteiger partial charge >= 0.3 is 0 Å². The van der Waals surface area contributed by atoms with E-state index in [0.717, 1.165) is 0 Å². The van der Waals surface area contributed by atoms with E-state index in [9.17, 15) is 0 Å². The highest BCUT2D eigenvalue weighted by atomic mass is 13.7. The molecule has 0 unspecified atom stereocenters. The van der Waals surface area contributed by atoms with Crippen LogP contribution in [0.25, 0.3) is 0 Å². The standard InChI is InChI=1S/CH63B59/c2-36(3)51(32)56(58(45(20)21)46(22)23)35(57(59(47(24)25)48(26)27)60(49(28)29)50(30)31)1(33(52(37(4)5)38(6)7)53(39(8)9)40(10)11)34(54(41(12)13)42(14)15)55(43(16)17)44(18)19/h1H,2-32H2. The van der Waals surface area contributed by atoms with Gasteiger partial charge in [-0.25, -0.2) is 0 Å². The van der Waals surface area contributed by atoms with Crippen molar-refractivity contribution >= 4 is 419 Å². The highest BCUT2D eigenvalue weighted by molar-refractivity contribution is 8.25. The Morgan fingerprint density at radius 3 is 0.450 bits per heavy atom. The molecule has 244 valence electrons. The molecule has 0 atom stereocenters. The summed E-state index contributed by atoms with van der Waals surface area (Å²) in [6, 6.07) is 0. The zero-order valence-electron chi connectivity index (χ0n) is 47.7. The van der Waals surface area contributed by atoms with Gasteiger partial charge in [0.25, 0.3) is 0 Å². The first-order valence-electron chi connectivity index (χ1n) is 27.2. The van der Waals surface area contributed by atoms with Crippen LogP contribution in [0.5, 0.6) is 0 Å². The Balaban J connectivity index is 10.7. The van der Waals surface area contributed by atoms with Gasteiger partial charge in [-0.1, -0.05) is 0 Å². The second kappa shape index (κ2) is 29.1. The third-order valence-electron chi connectivity index (χ3n) is 17.8. The van der Waals surface area contributed by atoms with Gasteiger partial charge in [-0.05, 0) is 0 Å². The minimum Gasteiger partial charge on any atom is -0.146 e. The summed E-state index contributed by atoms with van der Waals surface area (Å²) in [4.78, 5) is 0. The third-order valence-corrected chi connectivity index (χ3v) is 17.8. The maximum absolute atomic E-state index is 2.77. The molecule has 0 N–H and O–H groups in total. The minimum atomic E-state index is 0.621. The quantitative estimate of drug-likeness (QED) is 0.0709. The Bertz CT molecular complexity index is 938. The molecule has 0 amide bonds. The van der Waals surface area contributed by atoms with E-state index in [1.165, 1.54) is 0 Å². The first kappa shape index (κ1) is 63.8. The van der Waals surface area contributed by atoms with E-state index in [0.29, 0.717) is 185 Å². The Morgan fingerprint density at radius 1 is 0.150 bits per heavy atom. The van der Waals surface area contributed by atoms with Gasteiger partial charge in [0.15, 0.2) is 0 Å². The summed E-state index contributed by atoms with van der Waals surface area (Å²) in [6.07, 6.45) is 16.1. The van der Waals surface area contributed by atoms with Gasteiger partial charge in [0, 0.05) is 179 Å². The summed E-state index contributed by atoms with van der Waals surface area (Å²) in [5.41, 5.74) is 0.621. The Labute approximate surface area is 421 Å². The maximum Gasteiger partial charge on any atom is 0.0552 e. The van der Waals surface area contributed by atoms with Crippen LogP contribution in [-0.2, 0) is 0 Å². The molecule has 0 radical (unpaired) electrons. The molecule has 0 saturated heterocycles. The van der Waals surface area contributed by atoms with Gasteiger partial charge in [-0.15, -0.1) is 5.62 Å². The van der Waals surface area contributed by atoms with Gasteiger partial charge in [0.05, 0.1) is 240 Å². The predicted octanol–water partition coefficient (Wildman–Crippen LogP) is -38.7. The lowest BCUT2D eigenvalue weighted by molar-refractivity contribution is 1.80. The summed E-state index contributed by atoms with van der Waals surface area (Å²) in [5, 5.41) is 0. The predicted molar refractivity (Wildman–Crippen MR) is 430 cm³/mol. The fraction of sp³-hybridized carbons (Fsp3) is 1.00. The molecule has 0 rings (SSSR count). The maximum atomic E-state index is 2.77. The molecule has 0 bridgehead atoms. The highest BCUT2D eigenvalue weighted by Crippen LogP contribution is 2.33. The Kier molecular flexibility index (Phi) is 31.0. The normalized spacial score (nSPS) is 9.88. The van der Waals surface area contributed by atoms with Crippen LogP contribution in [0.2, 0.25) is 5.62 Å². The first-order chi connectivity index (χ1) is 27.2. The van der Waals surface area contributed by atoms with Gasteiger partial charge < -0.3 is 0 Å². The van der Waals surface area contributed by atoms with E-state index >= 15 is 0 Å². The third kappa shape index (κ3) is 17.1. The number of rotatable bonds is 28. The van der Waals surface area contributed by atoms with Crippen LogP contribution in [0.15, 0.2) is 0 Å². The van der Waals surface area contributed by atoms with Crippen molar-refractivity contribution in [2.24, 2.45) is 0 Å².